The van der Waals surface area contributed by atoms with Crippen molar-refractivity contribution in [1.82, 2.24) is 9.62 Å². The first-order valence-electron chi connectivity index (χ1n) is 7.44. The molecule has 19 heavy (non-hydrogen) atoms. The van der Waals surface area contributed by atoms with E-state index in [1.165, 1.54) is 6.42 Å². The zero-order valence-corrected chi connectivity index (χ0v) is 12.6. The lowest BCUT2D eigenvalue weighted by Gasteiger charge is -2.32. The summed E-state index contributed by atoms with van der Waals surface area (Å²) in [5.41, 5.74) is 0. The highest BCUT2D eigenvalue weighted by molar-refractivity contribution is 7.89. The Balaban J connectivity index is 1.70. The van der Waals surface area contributed by atoms with E-state index in [1.54, 1.807) is 4.31 Å². The third-order valence-corrected chi connectivity index (χ3v) is 6.04. The SMILES string of the molecule is CCCS(=O)(=O)N1CCC(NCC2CCCO2)CC1. The fourth-order valence-corrected chi connectivity index (χ4v) is 4.37. The molecule has 2 heterocycles. The molecule has 2 saturated heterocycles. The van der Waals surface area contributed by atoms with E-state index in [9.17, 15) is 8.42 Å². The predicted molar refractivity (Wildman–Crippen MR) is 75.6 cm³/mol. The van der Waals surface area contributed by atoms with Gasteiger partial charge in [-0.1, -0.05) is 6.92 Å². The van der Waals surface area contributed by atoms with Crippen LogP contribution in [0.25, 0.3) is 0 Å². The number of sulfonamides is 1. The summed E-state index contributed by atoms with van der Waals surface area (Å²) in [4.78, 5) is 0. The quantitative estimate of drug-likeness (QED) is 0.791. The zero-order valence-electron chi connectivity index (χ0n) is 11.8. The lowest BCUT2D eigenvalue weighted by Crippen LogP contribution is -2.46. The lowest BCUT2D eigenvalue weighted by atomic mass is 10.1. The minimum atomic E-state index is -3.01. The zero-order chi connectivity index (χ0) is 13.7. The van der Waals surface area contributed by atoms with Gasteiger partial charge in [0, 0.05) is 32.3 Å². The third-order valence-electron chi connectivity index (χ3n) is 3.97. The first-order valence-corrected chi connectivity index (χ1v) is 9.05. The Morgan fingerprint density at radius 3 is 2.58 bits per heavy atom. The predicted octanol–water partition coefficient (Wildman–Crippen LogP) is 0.959. The largest absolute Gasteiger partial charge is 0.377 e. The molecule has 0 spiro atoms. The van der Waals surface area contributed by atoms with E-state index in [-0.39, 0.29) is 5.75 Å². The molecule has 1 atom stereocenters. The molecule has 6 heteroatoms. The molecule has 0 amide bonds. The van der Waals surface area contributed by atoms with E-state index in [0.717, 1.165) is 32.4 Å². The summed E-state index contributed by atoms with van der Waals surface area (Å²) < 4.78 is 31.1. The second-order valence-electron chi connectivity index (χ2n) is 5.53. The van der Waals surface area contributed by atoms with Gasteiger partial charge in [0.1, 0.15) is 0 Å². The van der Waals surface area contributed by atoms with Crippen LogP contribution in [-0.4, -0.2) is 56.9 Å². The van der Waals surface area contributed by atoms with E-state index >= 15 is 0 Å². The van der Waals surface area contributed by atoms with Gasteiger partial charge in [0.15, 0.2) is 0 Å². The van der Waals surface area contributed by atoms with Crippen LogP contribution in [0.4, 0.5) is 0 Å². The Morgan fingerprint density at radius 2 is 2.00 bits per heavy atom. The monoisotopic (exact) mass is 290 g/mol. The van der Waals surface area contributed by atoms with Crippen molar-refractivity contribution < 1.29 is 13.2 Å². The molecule has 2 aliphatic heterocycles. The van der Waals surface area contributed by atoms with Gasteiger partial charge in [-0.2, -0.15) is 0 Å². The minimum absolute atomic E-state index is 0.279. The molecular weight excluding hydrogens is 264 g/mol. The van der Waals surface area contributed by atoms with E-state index in [1.807, 2.05) is 6.92 Å². The number of ether oxygens (including phenoxy) is 1. The summed E-state index contributed by atoms with van der Waals surface area (Å²) in [5, 5.41) is 3.52. The summed E-state index contributed by atoms with van der Waals surface area (Å²) in [6.45, 7) is 5.02. The van der Waals surface area contributed by atoms with Crippen LogP contribution in [0.3, 0.4) is 0 Å². The molecule has 0 bridgehead atoms. The fourth-order valence-electron chi connectivity index (χ4n) is 2.83. The molecule has 2 aliphatic rings. The lowest BCUT2D eigenvalue weighted by molar-refractivity contribution is 0.105. The Morgan fingerprint density at radius 1 is 1.26 bits per heavy atom. The number of hydrogen-bond acceptors (Lipinski definition) is 4. The van der Waals surface area contributed by atoms with Crippen LogP contribution >= 0.6 is 0 Å². The van der Waals surface area contributed by atoms with Crippen molar-refractivity contribution >= 4 is 10.0 Å². The number of hydrogen-bond donors (Lipinski definition) is 1. The number of nitrogens with zero attached hydrogens (tertiary/aromatic N) is 1. The summed E-state index contributed by atoms with van der Waals surface area (Å²) in [6.07, 6.45) is 5.20. The first kappa shape index (κ1) is 15.2. The third kappa shape index (κ3) is 4.41. The van der Waals surface area contributed by atoms with Gasteiger partial charge in [-0.15, -0.1) is 0 Å². The molecule has 5 nitrogen and oxygen atoms in total. The number of nitrogens with one attached hydrogen (secondary N) is 1. The average Bonchev–Trinajstić information content (AvgIpc) is 2.90. The Bertz CT molecular complexity index is 358. The Kier molecular flexibility index (Phi) is 5.62. The van der Waals surface area contributed by atoms with E-state index in [4.69, 9.17) is 4.74 Å². The van der Waals surface area contributed by atoms with Crippen LogP contribution in [0.5, 0.6) is 0 Å². The summed E-state index contributed by atoms with van der Waals surface area (Å²) in [5.74, 6) is 0.279. The topological polar surface area (TPSA) is 58.6 Å². The molecule has 112 valence electrons. The molecule has 0 aliphatic carbocycles. The van der Waals surface area contributed by atoms with Gasteiger partial charge < -0.3 is 10.1 Å². The van der Waals surface area contributed by atoms with Crippen LogP contribution in [-0.2, 0) is 14.8 Å². The van der Waals surface area contributed by atoms with Gasteiger partial charge in [-0.3, -0.25) is 0 Å². The average molecular weight is 290 g/mol. The maximum absolute atomic E-state index is 11.9. The van der Waals surface area contributed by atoms with Gasteiger partial charge in [0.2, 0.25) is 10.0 Å². The van der Waals surface area contributed by atoms with E-state index in [2.05, 4.69) is 5.32 Å². The molecule has 0 saturated carbocycles. The van der Waals surface area contributed by atoms with Crippen molar-refractivity contribution in [3.8, 4) is 0 Å². The minimum Gasteiger partial charge on any atom is -0.377 e. The van der Waals surface area contributed by atoms with Crippen molar-refractivity contribution in [2.75, 3.05) is 32.0 Å². The Labute approximate surface area is 116 Å². The maximum atomic E-state index is 11.9. The van der Waals surface area contributed by atoms with Crippen molar-refractivity contribution in [3.63, 3.8) is 0 Å². The van der Waals surface area contributed by atoms with Gasteiger partial charge in [0.05, 0.1) is 11.9 Å². The van der Waals surface area contributed by atoms with Crippen molar-refractivity contribution in [2.45, 2.75) is 51.2 Å². The molecule has 1 unspecified atom stereocenters. The van der Waals surface area contributed by atoms with Gasteiger partial charge in [0.25, 0.3) is 0 Å². The van der Waals surface area contributed by atoms with Crippen molar-refractivity contribution in [2.24, 2.45) is 0 Å². The highest BCUT2D eigenvalue weighted by atomic mass is 32.2. The fraction of sp³-hybridized carbons (Fsp3) is 1.00. The van der Waals surface area contributed by atoms with Crippen LogP contribution < -0.4 is 5.32 Å². The van der Waals surface area contributed by atoms with E-state index < -0.39 is 10.0 Å². The Hall–Kier alpha value is -0.170. The molecular formula is C13H26N2O3S. The van der Waals surface area contributed by atoms with Crippen molar-refractivity contribution in [3.05, 3.63) is 0 Å². The second kappa shape index (κ2) is 7.02. The van der Waals surface area contributed by atoms with Crippen molar-refractivity contribution in [1.29, 1.82) is 0 Å². The van der Waals surface area contributed by atoms with Crippen LogP contribution in [0.1, 0.15) is 39.0 Å². The molecule has 2 fully saturated rings. The molecule has 0 aromatic heterocycles. The van der Waals surface area contributed by atoms with Gasteiger partial charge in [-0.25, -0.2) is 12.7 Å². The van der Waals surface area contributed by atoms with Gasteiger partial charge >= 0.3 is 0 Å². The van der Waals surface area contributed by atoms with Crippen LogP contribution in [0, 0.1) is 0 Å². The molecule has 0 radical (unpaired) electrons. The van der Waals surface area contributed by atoms with Crippen LogP contribution in [0.15, 0.2) is 0 Å². The normalized spacial score (nSPS) is 26.9. The molecule has 2 rings (SSSR count). The summed E-state index contributed by atoms with van der Waals surface area (Å²) >= 11 is 0. The summed E-state index contributed by atoms with van der Waals surface area (Å²) in [7, 11) is -3.01. The molecule has 0 aromatic rings. The first-order chi connectivity index (χ1) is 9.12. The highest BCUT2D eigenvalue weighted by Crippen LogP contribution is 2.16. The van der Waals surface area contributed by atoms with Crippen LogP contribution in [0.2, 0.25) is 0 Å². The maximum Gasteiger partial charge on any atom is 0.214 e. The number of piperidine rings is 1. The summed E-state index contributed by atoms with van der Waals surface area (Å²) in [6, 6.07) is 0.442. The highest BCUT2D eigenvalue weighted by Gasteiger charge is 2.27. The van der Waals surface area contributed by atoms with Gasteiger partial charge in [-0.05, 0) is 32.1 Å². The number of rotatable bonds is 6. The molecule has 0 aromatic carbocycles. The second-order valence-corrected chi connectivity index (χ2v) is 7.62. The van der Waals surface area contributed by atoms with E-state index in [0.29, 0.717) is 31.7 Å². The smallest absolute Gasteiger partial charge is 0.214 e. The molecule has 1 N–H and O–H groups in total. The standard InChI is InChI=1S/C13H26N2O3S/c1-2-10-19(16,17)15-7-5-12(6-8-15)14-11-13-4-3-9-18-13/h12-14H,2-11H2,1H3.